The zero-order chi connectivity index (χ0) is 12.5. The number of aromatic nitrogens is 1. The molecule has 1 amide bonds. The van der Waals surface area contributed by atoms with Gasteiger partial charge in [0.2, 0.25) is 0 Å². The molecule has 0 saturated heterocycles. The van der Waals surface area contributed by atoms with Gasteiger partial charge in [-0.05, 0) is 37.5 Å². The van der Waals surface area contributed by atoms with E-state index < -0.39 is 0 Å². The molecule has 0 spiro atoms. The van der Waals surface area contributed by atoms with Crippen LogP contribution in [-0.4, -0.2) is 10.9 Å². The highest BCUT2D eigenvalue weighted by atomic mass is 79.9. The van der Waals surface area contributed by atoms with Gasteiger partial charge in [0.25, 0.3) is 5.91 Å². The summed E-state index contributed by atoms with van der Waals surface area (Å²) in [7, 11) is 0. The van der Waals surface area contributed by atoms with E-state index in [1.54, 1.807) is 23.5 Å². The highest BCUT2D eigenvalue weighted by Crippen LogP contribution is 2.30. The minimum absolute atomic E-state index is 0.108. The fourth-order valence-corrected chi connectivity index (χ4v) is 3.49. The van der Waals surface area contributed by atoms with E-state index in [-0.39, 0.29) is 5.91 Å². The number of thiazole rings is 1. The van der Waals surface area contributed by atoms with E-state index in [4.69, 9.17) is 0 Å². The average Bonchev–Trinajstić information content (AvgIpc) is 2.89. The minimum atomic E-state index is -0.108. The van der Waals surface area contributed by atoms with Crippen molar-refractivity contribution in [2.75, 3.05) is 5.32 Å². The number of aryl methyl sites for hydroxylation is 2. The summed E-state index contributed by atoms with van der Waals surface area (Å²) >= 11 is 4.95. The lowest BCUT2D eigenvalue weighted by atomic mass is 10.2. The molecule has 3 rings (SSSR count). The third-order valence-corrected chi connectivity index (χ3v) is 4.47. The first-order valence-electron chi connectivity index (χ1n) is 5.78. The van der Waals surface area contributed by atoms with Crippen molar-refractivity contribution in [1.82, 2.24) is 4.98 Å². The Labute approximate surface area is 117 Å². The second kappa shape index (κ2) is 4.82. The molecule has 0 radical (unpaired) electrons. The molecule has 0 aliphatic heterocycles. The van der Waals surface area contributed by atoms with Crippen LogP contribution in [0.25, 0.3) is 0 Å². The monoisotopic (exact) mass is 322 g/mol. The number of rotatable bonds is 2. The number of carbonyl (C=O) groups excluding carboxylic acids is 1. The summed E-state index contributed by atoms with van der Waals surface area (Å²) in [5.74, 6) is -0.108. The van der Waals surface area contributed by atoms with Crippen molar-refractivity contribution in [2.45, 2.75) is 19.3 Å². The molecule has 2 aromatic rings. The van der Waals surface area contributed by atoms with Crippen LogP contribution in [0.15, 0.2) is 28.7 Å². The van der Waals surface area contributed by atoms with Crippen LogP contribution in [0, 0.1) is 0 Å². The second-order valence-corrected chi connectivity index (χ2v) is 6.21. The maximum Gasteiger partial charge on any atom is 0.257 e. The number of fused-ring (bicyclic) bond motifs is 1. The van der Waals surface area contributed by atoms with Gasteiger partial charge in [-0.3, -0.25) is 10.1 Å². The van der Waals surface area contributed by atoms with Crippen molar-refractivity contribution in [3.8, 4) is 0 Å². The van der Waals surface area contributed by atoms with Crippen LogP contribution in [0.4, 0.5) is 5.13 Å². The summed E-state index contributed by atoms with van der Waals surface area (Å²) in [5.41, 5.74) is 1.80. The molecule has 0 saturated carbocycles. The van der Waals surface area contributed by atoms with E-state index >= 15 is 0 Å². The van der Waals surface area contributed by atoms with Crippen LogP contribution < -0.4 is 5.32 Å². The first-order chi connectivity index (χ1) is 8.72. The zero-order valence-corrected chi connectivity index (χ0v) is 12.0. The molecule has 1 aromatic heterocycles. The van der Waals surface area contributed by atoms with E-state index in [1.165, 1.54) is 11.3 Å². The maximum absolute atomic E-state index is 12.0. The van der Waals surface area contributed by atoms with Gasteiger partial charge in [-0.25, -0.2) is 4.98 Å². The van der Waals surface area contributed by atoms with Gasteiger partial charge in [0.1, 0.15) is 0 Å². The van der Waals surface area contributed by atoms with Crippen LogP contribution in [0.1, 0.15) is 27.3 Å². The van der Waals surface area contributed by atoms with Crippen LogP contribution in [0.2, 0.25) is 0 Å². The Hall–Kier alpha value is -1.20. The lowest BCUT2D eigenvalue weighted by Gasteiger charge is -2.02. The summed E-state index contributed by atoms with van der Waals surface area (Å²) < 4.78 is 0.900. The number of anilines is 1. The number of carbonyl (C=O) groups is 1. The second-order valence-electron chi connectivity index (χ2n) is 4.21. The van der Waals surface area contributed by atoms with E-state index in [1.807, 2.05) is 12.1 Å². The molecule has 1 N–H and O–H groups in total. The van der Waals surface area contributed by atoms with Crippen molar-refractivity contribution in [3.05, 3.63) is 44.9 Å². The fourth-order valence-electron chi connectivity index (χ4n) is 2.04. The molecular formula is C13H11BrN2OS. The van der Waals surface area contributed by atoms with Crippen LogP contribution >= 0.6 is 27.3 Å². The molecule has 1 aromatic carbocycles. The number of halogens is 1. The van der Waals surface area contributed by atoms with Gasteiger partial charge in [0.15, 0.2) is 5.13 Å². The highest BCUT2D eigenvalue weighted by Gasteiger charge is 2.18. The Morgan fingerprint density at radius 3 is 3.06 bits per heavy atom. The van der Waals surface area contributed by atoms with Crippen molar-refractivity contribution >= 4 is 38.3 Å². The summed E-state index contributed by atoms with van der Waals surface area (Å²) in [4.78, 5) is 17.8. The number of hydrogen-bond donors (Lipinski definition) is 1. The Balaban J connectivity index is 1.78. The van der Waals surface area contributed by atoms with Gasteiger partial charge in [0.05, 0.1) is 5.69 Å². The van der Waals surface area contributed by atoms with Gasteiger partial charge in [-0.2, -0.15) is 0 Å². The number of amides is 1. The highest BCUT2D eigenvalue weighted by molar-refractivity contribution is 9.10. The van der Waals surface area contributed by atoms with Crippen molar-refractivity contribution in [1.29, 1.82) is 0 Å². The molecule has 1 aliphatic carbocycles. The lowest BCUT2D eigenvalue weighted by molar-refractivity contribution is 0.102. The third kappa shape index (κ3) is 2.33. The molecule has 3 nitrogen and oxygen atoms in total. The van der Waals surface area contributed by atoms with Crippen molar-refractivity contribution < 1.29 is 4.79 Å². The SMILES string of the molecule is O=C(Nc1nc2c(s1)CCC2)c1cccc(Br)c1. The van der Waals surface area contributed by atoms with Crippen molar-refractivity contribution in [3.63, 3.8) is 0 Å². The fraction of sp³-hybridized carbons (Fsp3) is 0.231. The Kier molecular flexibility index (Phi) is 3.18. The molecule has 1 heterocycles. The number of hydrogen-bond acceptors (Lipinski definition) is 3. The Morgan fingerprint density at radius 2 is 2.28 bits per heavy atom. The normalized spacial score (nSPS) is 13.4. The molecule has 0 fully saturated rings. The van der Waals surface area contributed by atoms with Crippen LogP contribution in [0.5, 0.6) is 0 Å². The largest absolute Gasteiger partial charge is 0.298 e. The molecule has 92 valence electrons. The smallest absolute Gasteiger partial charge is 0.257 e. The minimum Gasteiger partial charge on any atom is -0.298 e. The first kappa shape index (κ1) is 11.9. The van der Waals surface area contributed by atoms with Crippen LogP contribution in [0.3, 0.4) is 0 Å². The molecular weight excluding hydrogens is 312 g/mol. The predicted octanol–water partition coefficient (Wildman–Crippen LogP) is 3.65. The lowest BCUT2D eigenvalue weighted by Crippen LogP contribution is -2.11. The number of nitrogens with zero attached hydrogens (tertiary/aromatic N) is 1. The number of benzene rings is 1. The summed E-state index contributed by atoms with van der Waals surface area (Å²) in [5, 5.41) is 3.58. The van der Waals surface area contributed by atoms with Gasteiger partial charge in [-0.1, -0.05) is 22.0 Å². The molecule has 18 heavy (non-hydrogen) atoms. The van der Waals surface area contributed by atoms with E-state index in [0.29, 0.717) is 10.7 Å². The Morgan fingerprint density at radius 1 is 1.39 bits per heavy atom. The van der Waals surface area contributed by atoms with Gasteiger partial charge in [0, 0.05) is 14.9 Å². The van der Waals surface area contributed by atoms with Crippen LogP contribution in [-0.2, 0) is 12.8 Å². The first-order valence-corrected chi connectivity index (χ1v) is 7.39. The Bertz CT molecular complexity index is 587. The molecule has 0 unspecified atom stereocenters. The molecule has 5 heteroatoms. The van der Waals surface area contributed by atoms with E-state index in [9.17, 15) is 4.79 Å². The quantitative estimate of drug-likeness (QED) is 0.917. The number of nitrogens with one attached hydrogen (secondary N) is 1. The molecule has 1 aliphatic rings. The van der Waals surface area contributed by atoms with Gasteiger partial charge >= 0.3 is 0 Å². The summed E-state index contributed by atoms with van der Waals surface area (Å²) in [6.07, 6.45) is 3.33. The molecule has 0 bridgehead atoms. The zero-order valence-electron chi connectivity index (χ0n) is 9.57. The summed E-state index contributed by atoms with van der Waals surface area (Å²) in [6, 6.07) is 7.34. The maximum atomic E-state index is 12.0. The standard InChI is InChI=1S/C13H11BrN2OS/c14-9-4-1-3-8(7-9)12(17)16-13-15-10-5-2-6-11(10)18-13/h1,3-4,7H,2,5-6H2,(H,15,16,17). The topological polar surface area (TPSA) is 42.0 Å². The van der Waals surface area contributed by atoms with E-state index in [0.717, 1.165) is 23.0 Å². The van der Waals surface area contributed by atoms with E-state index in [2.05, 4.69) is 26.2 Å². The third-order valence-electron chi connectivity index (χ3n) is 2.90. The van der Waals surface area contributed by atoms with Crippen molar-refractivity contribution in [2.24, 2.45) is 0 Å². The van der Waals surface area contributed by atoms with Gasteiger partial charge in [-0.15, -0.1) is 11.3 Å². The predicted molar refractivity (Wildman–Crippen MR) is 76.2 cm³/mol. The molecule has 0 atom stereocenters. The average molecular weight is 323 g/mol. The van der Waals surface area contributed by atoms with Gasteiger partial charge < -0.3 is 0 Å². The summed E-state index contributed by atoms with van der Waals surface area (Å²) in [6.45, 7) is 0.